The number of rotatable bonds is 8. The summed E-state index contributed by atoms with van der Waals surface area (Å²) in [6.45, 7) is 13.1. The summed E-state index contributed by atoms with van der Waals surface area (Å²) in [5.74, 6) is 0.0681. The number of carbonyl (C=O) groups excluding carboxylic acids is 2. The molecule has 0 aliphatic heterocycles. The first kappa shape index (κ1) is 23.9. The zero-order chi connectivity index (χ0) is 22.6. The van der Waals surface area contributed by atoms with Crippen molar-refractivity contribution in [2.75, 3.05) is 0 Å². The van der Waals surface area contributed by atoms with Gasteiger partial charge in [-0.1, -0.05) is 25.4 Å². The highest BCUT2D eigenvalue weighted by Gasteiger charge is 2.36. The van der Waals surface area contributed by atoms with E-state index in [9.17, 15) is 9.59 Å². The average molecular weight is 431 g/mol. The molecule has 0 bridgehead atoms. The molecule has 162 valence electrons. The lowest BCUT2D eigenvalue weighted by atomic mass is 9.96. The van der Waals surface area contributed by atoms with Gasteiger partial charge in [0.25, 0.3) is 0 Å². The molecular formula is C25H31ClO4. The lowest BCUT2D eigenvalue weighted by Crippen LogP contribution is -2.43. The molecule has 0 heterocycles. The minimum Gasteiger partial charge on any atom is -0.476 e. The first-order valence-corrected chi connectivity index (χ1v) is 10.7. The first-order chi connectivity index (χ1) is 14.0. The third-order valence-electron chi connectivity index (χ3n) is 5.47. The van der Waals surface area contributed by atoms with Crippen LogP contribution in [-0.4, -0.2) is 23.5 Å². The van der Waals surface area contributed by atoms with E-state index in [-0.39, 0.29) is 17.9 Å². The Morgan fingerprint density at radius 1 is 1.03 bits per heavy atom. The minimum absolute atomic E-state index is 0.0728. The molecule has 0 aromatic heterocycles. The Morgan fingerprint density at radius 2 is 1.63 bits per heavy atom. The van der Waals surface area contributed by atoms with E-state index in [1.807, 2.05) is 41.5 Å². The summed E-state index contributed by atoms with van der Waals surface area (Å²) in [5, 5.41) is 0.676. The number of carbonyl (C=O) groups is 2. The molecule has 0 N–H and O–H groups in total. The second-order valence-corrected chi connectivity index (χ2v) is 8.42. The van der Waals surface area contributed by atoms with Gasteiger partial charge in [-0.25, -0.2) is 4.79 Å². The van der Waals surface area contributed by atoms with Gasteiger partial charge in [0.2, 0.25) is 5.60 Å². The van der Waals surface area contributed by atoms with Crippen LogP contribution in [0.25, 0.3) is 0 Å². The number of esters is 1. The van der Waals surface area contributed by atoms with Gasteiger partial charge >= 0.3 is 5.97 Å². The Kier molecular flexibility index (Phi) is 7.70. The molecule has 2 unspecified atom stereocenters. The summed E-state index contributed by atoms with van der Waals surface area (Å²) in [6.07, 6.45) is 1.04. The van der Waals surface area contributed by atoms with E-state index in [2.05, 4.69) is 0 Å². The van der Waals surface area contributed by atoms with Gasteiger partial charge < -0.3 is 9.47 Å². The standard InChI is InChI=1S/C25H31ClO4/c1-8-18(6)29-24(28)25(7,9-2)30-20-10-11-21(15(3)14-20)23(27)19-12-16(4)22(26)17(5)13-19/h10-14,18H,8-9H2,1-7H3. The molecule has 0 amide bonds. The lowest BCUT2D eigenvalue weighted by molar-refractivity contribution is -0.166. The second-order valence-electron chi connectivity index (χ2n) is 8.04. The van der Waals surface area contributed by atoms with Crippen molar-refractivity contribution >= 4 is 23.4 Å². The number of aryl methyl sites for hydroxylation is 3. The third-order valence-corrected chi connectivity index (χ3v) is 6.07. The summed E-state index contributed by atoms with van der Waals surface area (Å²) < 4.78 is 11.5. The van der Waals surface area contributed by atoms with Crippen LogP contribution in [0, 0.1) is 20.8 Å². The van der Waals surface area contributed by atoms with Crippen molar-refractivity contribution in [2.45, 2.75) is 73.0 Å². The van der Waals surface area contributed by atoms with E-state index in [0.717, 1.165) is 23.1 Å². The molecule has 2 aromatic rings. The van der Waals surface area contributed by atoms with Crippen molar-refractivity contribution in [3.05, 3.63) is 63.2 Å². The van der Waals surface area contributed by atoms with Gasteiger partial charge in [-0.3, -0.25) is 4.79 Å². The van der Waals surface area contributed by atoms with Crippen LogP contribution >= 0.6 is 11.6 Å². The fourth-order valence-electron chi connectivity index (χ4n) is 3.10. The van der Waals surface area contributed by atoms with Crippen molar-refractivity contribution in [3.8, 4) is 5.75 Å². The number of hydrogen-bond acceptors (Lipinski definition) is 4. The van der Waals surface area contributed by atoms with E-state index < -0.39 is 5.60 Å². The zero-order valence-electron chi connectivity index (χ0n) is 18.9. The van der Waals surface area contributed by atoms with Gasteiger partial charge in [0.1, 0.15) is 5.75 Å². The Hall–Kier alpha value is -2.33. The second kappa shape index (κ2) is 9.65. The SMILES string of the molecule is CCC(C)OC(=O)C(C)(CC)Oc1ccc(C(=O)c2cc(C)c(Cl)c(C)c2)c(C)c1. The third kappa shape index (κ3) is 5.23. The van der Waals surface area contributed by atoms with Crippen LogP contribution in [0.2, 0.25) is 5.02 Å². The van der Waals surface area contributed by atoms with E-state index in [4.69, 9.17) is 21.1 Å². The Morgan fingerprint density at radius 3 is 2.13 bits per heavy atom. The summed E-state index contributed by atoms with van der Waals surface area (Å²) in [4.78, 5) is 25.6. The molecule has 0 aliphatic rings. The Labute approximate surface area is 184 Å². The lowest BCUT2D eigenvalue weighted by Gasteiger charge is -2.29. The highest BCUT2D eigenvalue weighted by molar-refractivity contribution is 6.32. The number of ether oxygens (including phenoxy) is 2. The predicted molar refractivity (Wildman–Crippen MR) is 121 cm³/mol. The molecule has 30 heavy (non-hydrogen) atoms. The normalized spacial score (nSPS) is 14.0. The minimum atomic E-state index is -1.09. The monoisotopic (exact) mass is 430 g/mol. The molecule has 2 aromatic carbocycles. The summed E-state index contributed by atoms with van der Waals surface area (Å²) in [5.41, 5.74) is 2.61. The van der Waals surface area contributed by atoms with Crippen LogP contribution in [-0.2, 0) is 9.53 Å². The molecule has 0 saturated heterocycles. The van der Waals surface area contributed by atoms with E-state index in [0.29, 0.717) is 28.3 Å². The fourth-order valence-corrected chi connectivity index (χ4v) is 3.21. The smallest absolute Gasteiger partial charge is 0.350 e. The Balaban J connectivity index is 2.28. The van der Waals surface area contributed by atoms with Crippen molar-refractivity contribution in [3.63, 3.8) is 0 Å². The number of halogens is 1. The van der Waals surface area contributed by atoms with Crippen molar-refractivity contribution < 1.29 is 19.1 Å². The van der Waals surface area contributed by atoms with Crippen LogP contribution in [0.3, 0.4) is 0 Å². The highest BCUT2D eigenvalue weighted by Crippen LogP contribution is 2.28. The molecule has 0 spiro atoms. The van der Waals surface area contributed by atoms with Crippen LogP contribution in [0.15, 0.2) is 30.3 Å². The van der Waals surface area contributed by atoms with Crippen LogP contribution in [0.5, 0.6) is 5.75 Å². The number of ketones is 1. The van der Waals surface area contributed by atoms with Gasteiger partial charge in [-0.05, 0) is 94.5 Å². The predicted octanol–water partition coefficient (Wildman–Crippen LogP) is 6.39. The van der Waals surface area contributed by atoms with E-state index in [1.54, 1.807) is 37.3 Å². The van der Waals surface area contributed by atoms with Crippen LogP contribution in [0.1, 0.15) is 73.1 Å². The molecule has 2 rings (SSSR count). The van der Waals surface area contributed by atoms with Crippen molar-refractivity contribution in [1.29, 1.82) is 0 Å². The van der Waals surface area contributed by atoms with Gasteiger partial charge in [0.05, 0.1) is 6.10 Å². The highest BCUT2D eigenvalue weighted by atomic mass is 35.5. The zero-order valence-corrected chi connectivity index (χ0v) is 19.6. The summed E-state index contributed by atoms with van der Waals surface area (Å²) in [7, 11) is 0. The van der Waals surface area contributed by atoms with E-state index >= 15 is 0 Å². The largest absolute Gasteiger partial charge is 0.476 e. The quantitative estimate of drug-likeness (QED) is 0.360. The van der Waals surface area contributed by atoms with Crippen LogP contribution in [0.4, 0.5) is 0 Å². The molecule has 2 atom stereocenters. The van der Waals surface area contributed by atoms with Gasteiger partial charge in [0.15, 0.2) is 5.78 Å². The van der Waals surface area contributed by atoms with E-state index in [1.165, 1.54) is 0 Å². The van der Waals surface area contributed by atoms with Gasteiger partial charge in [-0.2, -0.15) is 0 Å². The average Bonchev–Trinajstić information content (AvgIpc) is 2.70. The van der Waals surface area contributed by atoms with Crippen molar-refractivity contribution in [1.82, 2.24) is 0 Å². The maximum atomic E-state index is 13.0. The molecule has 5 heteroatoms. The molecule has 0 radical (unpaired) electrons. The molecular weight excluding hydrogens is 400 g/mol. The molecule has 0 fully saturated rings. The molecule has 0 saturated carbocycles. The summed E-state index contributed by atoms with van der Waals surface area (Å²) >= 11 is 6.23. The van der Waals surface area contributed by atoms with Crippen LogP contribution < -0.4 is 4.74 Å². The maximum Gasteiger partial charge on any atom is 0.350 e. The molecule has 0 aliphatic carbocycles. The summed E-state index contributed by atoms with van der Waals surface area (Å²) in [6, 6.07) is 8.86. The number of benzene rings is 2. The first-order valence-electron chi connectivity index (χ1n) is 10.3. The van der Waals surface area contributed by atoms with Gasteiger partial charge in [0, 0.05) is 16.1 Å². The molecule has 4 nitrogen and oxygen atoms in total. The van der Waals surface area contributed by atoms with Crippen molar-refractivity contribution in [2.24, 2.45) is 0 Å². The number of hydrogen-bond donors (Lipinski definition) is 0. The maximum absolute atomic E-state index is 13.0. The topological polar surface area (TPSA) is 52.6 Å². The fraction of sp³-hybridized carbons (Fsp3) is 0.440. The Bertz CT molecular complexity index is 927. The van der Waals surface area contributed by atoms with Gasteiger partial charge in [-0.15, -0.1) is 0 Å².